The van der Waals surface area contributed by atoms with Crippen LogP contribution in [0.15, 0.2) is 60.7 Å². The van der Waals surface area contributed by atoms with Gasteiger partial charge in [-0.3, -0.25) is 0 Å². The van der Waals surface area contributed by atoms with Crippen LogP contribution in [0.5, 0.6) is 0 Å². The quantitative estimate of drug-likeness (QED) is 0.770. The van der Waals surface area contributed by atoms with E-state index in [9.17, 15) is 5.11 Å². The summed E-state index contributed by atoms with van der Waals surface area (Å²) in [7, 11) is -0.124. The van der Waals surface area contributed by atoms with Crippen molar-refractivity contribution >= 4 is 13.2 Å². The van der Waals surface area contributed by atoms with E-state index in [1.807, 2.05) is 37.3 Å². The first-order valence-electron chi connectivity index (χ1n) is 7.41. The molecular formula is C18H24NOP. The minimum Gasteiger partial charge on any atom is -0.387 e. The third kappa shape index (κ3) is 4.93. The van der Waals surface area contributed by atoms with Crippen LogP contribution in [0.3, 0.4) is 0 Å². The molecule has 2 rings (SSSR count). The maximum absolute atomic E-state index is 10.3. The summed E-state index contributed by atoms with van der Waals surface area (Å²) in [6, 6.07) is 20.6. The largest absolute Gasteiger partial charge is 0.387 e. The third-order valence-corrected chi connectivity index (χ3v) is 5.80. The van der Waals surface area contributed by atoms with Gasteiger partial charge in [-0.25, -0.2) is 0 Å². The lowest BCUT2D eigenvalue weighted by atomic mass is 10.0. The van der Waals surface area contributed by atoms with Crippen molar-refractivity contribution in [2.24, 2.45) is 0 Å². The van der Waals surface area contributed by atoms with Gasteiger partial charge in [0, 0.05) is 6.04 Å². The van der Waals surface area contributed by atoms with Crippen LogP contribution in [-0.2, 0) is 0 Å². The summed E-state index contributed by atoms with van der Waals surface area (Å²) in [5.74, 6) is 0. The Morgan fingerprint density at radius 1 is 1.00 bits per heavy atom. The molecule has 0 aliphatic rings. The van der Waals surface area contributed by atoms with E-state index in [-0.39, 0.29) is 14.0 Å². The predicted molar refractivity (Wildman–Crippen MR) is 92.7 cm³/mol. The van der Waals surface area contributed by atoms with Gasteiger partial charge in [-0.1, -0.05) is 68.6 Å². The number of rotatable bonds is 7. The molecule has 2 nitrogen and oxygen atoms in total. The van der Waals surface area contributed by atoms with E-state index < -0.39 is 6.10 Å². The Morgan fingerprint density at radius 3 is 2.19 bits per heavy atom. The molecule has 2 aromatic carbocycles. The lowest BCUT2D eigenvalue weighted by Crippen LogP contribution is -2.34. The average Bonchev–Trinajstić information content (AvgIpc) is 2.55. The minimum atomic E-state index is -0.453. The molecule has 0 heterocycles. The minimum absolute atomic E-state index is 0.0616. The van der Waals surface area contributed by atoms with Crippen LogP contribution in [0.25, 0.3) is 0 Å². The van der Waals surface area contributed by atoms with E-state index >= 15 is 0 Å². The molecule has 0 radical (unpaired) electrons. The molecule has 0 saturated carbocycles. The first kappa shape index (κ1) is 16.2. The van der Waals surface area contributed by atoms with Crippen LogP contribution < -0.4 is 10.6 Å². The molecule has 0 amide bonds. The molecular weight excluding hydrogens is 277 g/mol. The number of nitrogens with one attached hydrogen (secondary N) is 1. The Kier molecular flexibility index (Phi) is 6.38. The Morgan fingerprint density at radius 2 is 1.57 bits per heavy atom. The van der Waals surface area contributed by atoms with E-state index in [1.165, 1.54) is 5.30 Å². The molecule has 0 unspecified atom stereocenters. The van der Waals surface area contributed by atoms with Crippen LogP contribution in [0.1, 0.15) is 18.6 Å². The standard InChI is InChI=1S/C18H24NOP/c1-15(18(20)16-9-5-3-6-10-16)19-13-14-21(2)17-11-7-4-8-12-17/h3-12,15,18-20H,13-14H2,1-2H3/t15-,18-,21+/m0/s1. The number of aliphatic hydroxyl groups excluding tert-OH is 1. The summed E-state index contributed by atoms with van der Waals surface area (Å²) >= 11 is 0. The molecule has 2 aromatic rings. The zero-order valence-electron chi connectivity index (χ0n) is 12.7. The van der Waals surface area contributed by atoms with Crippen molar-refractivity contribution in [3.05, 3.63) is 66.2 Å². The summed E-state index contributed by atoms with van der Waals surface area (Å²) in [6.45, 7) is 5.28. The monoisotopic (exact) mass is 301 g/mol. The SMILES string of the molecule is C[C@H](NCC[P@@](C)c1ccccc1)[C@H](O)c1ccccc1. The summed E-state index contributed by atoms with van der Waals surface area (Å²) in [5, 5.41) is 15.2. The predicted octanol–water partition coefficient (Wildman–Crippen LogP) is 3.14. The van der Waals surface area contributed by atoms with Gasteiger partial charge in [0.25, 0.3) is 0 Å². The van der Waals surface area contributed by atoms with Crippen LogP contribution >= 0.6 is 7.92 Å². The second-order valence-corrected chi connectivity index (χ2v) is 7.71. The van der Waals surface area contributed by atoms with Crippen molar-refractivity contribution in [3.63, 3.8) is 0 Å². The highest BCUT2D eigenvalue weighted by Gasteiger charge is 2.15. The van der Waals surface area contributed by atoms with Crippen LogP contribution in [0.2, 0.25) is 0 Å². The average molecular weight is 301 g/mol. The number of benzene rings is 2. The second kappa shape index (κ2) is 8.29. The molecule has 0 bridgehead atoms. The number of aliphatic hydroxyl groups is 1. The van der Waals surface area contributed by atoms with Crippen molar-refractivity contribution in [2.75, 3.05) is 19.4 Å². The Balaban J connectivity index is 1.78. The van der Waals surface area contributed by atoms with E-state index in [0.29, 0.717) is 0 Å². The number of hydrogen-bond acceptors (Lipinski definition) is 2. The highest BCUT2D eigenvalue weighted by Crippen LogP contribution is 2.28. The Hall–Kier alpha value is -1.21. The fourth-order valence-corrected chi connectivity index (χ4v) is 3.73. The van der Waals surface area contributed by atoms with Crippen molar-refractivity contribution in [3.8, 4) is 0 Å². The fraction of sp³-hybridized carbons (Fsp3) is 0.333. The molecule has 0 aromatic heterocycles. The Labute approximate surface area is 129 Å². The zero-order valence-corrected chi connectivity index (χ0v) is 13.6. The molecule has 0 saturated heterocycles. The zero-order chi connectivity index (χ0) is 15.1. The van der Waals surface area contributed by atoms with Gasteiger partial charge < -0.3 is 10.4 Å². The lowest BCUT2D eigenvalue weighted by Gasteiger charge is -2.22. The van der Waals surface area contributed by atoms with E-state index in [0.717, 1.165) is 18.3 Å². The molecule has 0 fully saturated rings. The van der Waals surface area contributed by atoms with Gasteiger partial charge in [-0.15, -0.1) is 0 Å². The third-order valence-electron chi connectivity index (χ3n) is 3.73. The molecule has 0 aliphatic heterocycles. The highest BCUT2D eigenvalue weighted by molar-refractivity contribution is 7.64. The van der Waals surface area contributed by atoms with Crippen LogP contribution in [0, 0.1) is 0 Å². The molecule has 0 spiro atoms. The van der Waals surface area contributed by atoms with Crippen LogP contribution in [-0.4, -0.2) is 30.5 Å². The molecule has 2 N–H and O–H groups in total. The van der Waals surface area contributed by atoms with E-state index in [2.05, 4.69) is 42.3 Å². The van der Waals surface area contributed by atoms with Crippen molar-refractivity contribution < 1.29 is 5.11 Å². The van der Waals surface area contributed by atoms with Gasteiger partial charge in [-0.2, -0.15) is 0 Å². The second-order valence-electron chi connectivity index (χ2n) is 5.36. The van der Waals surface area contributed by atoms with Gasteiger partial charge in [0.15, 0.2) is 0 Å². The van der Waals surface area contributed by atoms with Crippen molar-refractivity contribution in [2.45, 2.75) is 19.1 Å². The normalized spacial score (nSPS) is 15.4. The molecule has 21 heavy (non-hydrogen) atoms. The molecule has 3 heteroatoms. The Bertz CT molecular complexity index is 517. The smallest absolute Gasteiger partial charge is 0.0940 e. The van der Waals surface area contributed by atoms with Gasteiger partial charge in [-0.05, 0) is 37.2 Å². The van der Waals surface area contributed by atoms with E-state index in [4.69, 9.17) is 0 Å². The van der Waals surface area contributed by atoms with Crippen LogP contribution in [0.4, 0.5) is 0 Å². The summed E-state index contributed by atoms with van der Waals surface area (Å²) < 4.78 is 0. The number of hydrogen-bond donors (Lipinski definition) is 2. The summed E-state index contributed by atoms with van der Waals surface area (Å²) in [6.07, 6.45) is 0.677. The highest BCUT2D eigenvalue weighted by atomic mass is 31.1. The van der Waals surface area contributed by atoms with Gasteiger partial charge in [0.2, 0.25) is 0 Å². The summed E-state index contributed by atoms with van der Waals surface area (Å²) in [4.78, 5) is 0. The fourth-order valence-electron chi connectivity index (χ4n) is 2.32. The van der Waals surface area contributed by atoms with Gasteiger partial charge in [0.1, 0.15) is 0 Å². The lowest BCUT2D eigenvalue weighted by molar-refractivity contribution is 0.137. The first-order chi connectivity index (χ1) is 10.2. The maximum Gasteiger partial charge on any atom is 0.0940 e. The molecule has 3 atom stereocenters. The topological polar surface area (TPSA) is 32.3 Å². The first-order valence-corrected chi connectivity index (χ1v) is 9.38. The molecule has 0 aliphatic carbocycles. The van der Waals surface area contributed by atoms with E-state index in [1.54, 1.807) is 0 Å². The van der Waals surface area contributed by atoms with Gasteiger partial charge in [0.05, 0.1) is 6.10 Å². The van der Waals surface area contributed by atoms with Crippen molar-refractivity contribution in [1.82, 2.24) is 5.32 Å². The summed E-state index contributed by atoms with van der Waals surface area (Å²) in [5.41, 5.74) is 0.972. The maximum atomic E-state index is 10.3. The molecule has 112 valence electrons. The van der Waals surface area contributed by atoms with Crippen molar-refractivity contribution in [1.29, 1.82) is 0 Å². The van der Waals surface area contributed by atoms with Gasteiger partial charge >= 0.3 is 0 Å².